The Hall–Kier alpha value is -3.35. The number of nitrogens with zero attached hydrogens (tertiary/aromatic N) is 1. The summed E-state index contributed by atoms with van der Waals surface area (Å²) in [4.78, 5) is 4.87. The molecule has 138 valence electrons. The van der Waals surface area contributed by atoms with E-state index < -0.39 is 0 Å². The van der Waals surface area contributed by atoms with Crippen LogP contribution in [0.3, 0.4) is 0 Å². The molecule has 0 aliphatic rings. The molecule has 0 fully saturated rings. The Morgan fingerprint density at radius 2 is 1.46 bits per heavy atom. The zero-order valence-electron chi connectivity index (χ0n) is 15.9. The summed E-state index contributed by atoms with van der Waals surface area (Å²) in [5.74, 6) is 0. The third-order valence-electron chi connectivity index (χ3n) is 5.24. The molecule has 2 N–H and O–H groups in total. The van der Waals surface area contributed by atoms with E-state index in [0.717, 1.165) is 37.0 Å². The largest absolute Gasteiger partial charge is 0.361 e. The van der Waals surface area contributed by atoms with Crippen molar-refractivity contribution in [2.75, 3.05) is 6.54 Å². The van der Waals surface area contributed by atoms with E-state index >= 15 is 0 Å². The summed E-state index contributed by atoms with van der Waals surface area (Å²) in [7, 11) is 0. The lowest BCUT2D eigenvalue weighted by Gasteiger charge is -2.20. The number of aromatic nitrogens is 1. The third-order valence-corrected chi connectivity index (χ3v) is 5.24. The lowest BCUT2D eigenvalue weighted by atomic mass is 10.1. The molecule has 0 aliphatic carbocycles. The molecule has 0 saturated heterocycles. The summed E-state index contributed by atoms with van der Waals surface area (Å²) in [6.07, 6.45) is 3.07. The van der Waals surface area contributed by atoms with Gasteiger partial charge in [-0.1, -0.05) is 60.7 Å². The lowest BCUT2D eigenvalue weighted by Crippen LogP contribution is -3.09. The number of hydrogen-bond donors (Lipinski definition) is 2. The molecular weight excluding hydrogens is 342 g/mol. The third kappa shape index (κ3) is 4.31. The van der Waals surface area contributed by atoms with E-state index in [1.165, 1.54) is 21.6 Å². The Morgan fingerprint density at radius 3 is 2.07 bits per heavy atom. The van der Waals surface area contributed by atoms with Crippen LogP contribution in [0.4, 0.5) is 0 Å². The number of quaternary nitrogens is 1. The topological polar surface area (TPSA) is 44.0 Å². The molecule has 1 heterocycles. The van der Waals surface area contributed by atoms with Crippen LogP contribution < -0.4 is 4.90 Å². The molecule has 0 atom stereocenters. The molecule has 4 rings (SSSR count). The lowest BCUT2D eigenvalue weighted by molar-refractivity contribution is -0.927. The molecule has 3 nitrogen and oxygen atoms in total. The van der Waals surface area contributed by atoms with E-state index in [4.69, 9.17) is 0 Å². The number of nitriles is 1. The van der Waals surface area contributed by atoms with Gasteiger partial charge < -0.3 is 9.88 Å². The van der Waals surface area contributed by atoms with E-state index in [0.29, 0.717) is 5.56 Å². The average molecular weight is 366 g/mol. The molecule has 0 spiro atoms. The molecule has 3 aromatic carbocycles. The summed E-state index contributed by atoms with van der Waals surface area (Å²) in [5.41, 5.74) is 5.82. The number of hydrogen-bond acceptors (Lipinski definition) is 1. The van der Waals surface area contributed by atoms with Crippen LogP contribution in [0.2, 0.25) is 0 Å². The van der Waals surface area contributed by atoms with Crippen LogP contribution in [0, 0.1) is 11.3 Å². The van der Waals surface area contributed by atoms with E-state index in [2.05, 4.69) is 77.9 Å². The minimum atomic E-state index is 0.714. The van der Waals surface area contributed by atoms with E-state index in [1.807, 2.05) is 18.2 Å². The Labute approximate surface area is 165 Å². The number of fused-ring (bicyclic) bond motifs is 1. The van der Waals surface area contributed by atoms with Gasteiger partial charge >= 0.3 is 0 Å². The zero-order valence-corrected chi connectivity index (χ0v) is 15.9. The second-order valence-electron chi connectivity index (χ2n) is 7.26. The molecule has 0 unspecified atom stereocenters. The van der Waals surface area contributed by atoms with Crippen molar-refractivity contribution in [3.05, 3.63) is 107 Å². The van der Waals surface area contributed by atoms with Gasteiger partial charge in [-0.15, -0.1) is 0 Å². The molecule has 0 aliphatic heterocycles. The van der Waals surface area contributed by atoms with Crippen molar-refractivity contribution in [2.24, 2.45) is 0 Å². The van der Waals surface area contributed by atoms with Crippen LogP contribution >= 0.6 is 0 Å². The first-order valence-electron chi connectivity index (χ1n) is 9.73. The summed E-state index contributed by atoms with van der Waals surface area (Å²) in [6, 6.07) is 29.5. The minimum Gasteiger partial charge on any atom is -0.361 e. The Kier molecular flexibility index (Phi) is 5.51. The van der Waals surface area contributed by atoms with Gasteiger partial charge in [0.25, 0.3) is 0 Å². The minimum absolute atomic E-state index is 0.714. The molecule has 0 bridgehead atoms. The molecule has 0 saturated carbocycles. The molecule has 28 heavy (non-hydrogen) atoms. The summed E-state index contributed by atoms with van der Waals surface area (Å²) in [6.45, 7) is 3.04. The van der Waals surface area contributed by atoms with Gasteiger partial charge in [0.2, 0.25) is 0 Å². The van der Waals surface area contributed by atoms with Gasteiger partial charge in [-0.2, -0.15) is 5.26 Å². The average Bonchev–Trinajstić information content (AvgIpc) is 3.15. The van der Waals surface area contributed by atoms with Gasteiger partial charge in [0.05, 0.1) is 18.2 Å². The van der Waals surface area contributed by atoms with Crippen molar-refractivity contribution < 1.29 is 4.90 Å². The second-order valence-corrected chi connectivity index (χ2v) is 7.26. The fraction of sp³-hybridized carbons (Fsp3) is 0.160. The Morgan fingerprint density at radius 1 is 0.821 bits per heavy atom. The molecule has 4 aromatic rings. The number of nitrogens with one attached hydrogen (secondary N) is 2. The van der Waals surface area contributed by atoms with Crippen LogP contribution in [0.5, 0.6) is 0 Å². The van der Waals surface area contributed by atoms with E-state index in [1.54, 1.807) is 0 Å². The quantitative estimate of drug-likeness (QED) is 0.512. The molecule has 3 heteroatoms. The number of rotatable bonds is 7. The van der Waals surface area contributed by atoms with Gasteiger partial charge in [0, 0.05) is 34.6 Å². The van der Waals surface area contributed by atoms with Gasteiger partial charge in [0.15, 0.2) is 0 Å². The van der Waals surface area contributed by atoms with Crippen LogP contribution in [0.15, 0.2) is 85.1 Å². The Bertz CT molecular complexity index is 1030. The van der Waals surface area contributed by atoms with Gasteiger partial charge in [-0.3, -0.25) is 0 Å². The summed E-state index contributed by atoms with van der Waals surface area (Å²) in [5, 5.41) is 10.4. The molecular formula is C25H24N3+. The standard InChI is InChI=1S/C25H23N3/c26-16-22-11-12-25-24(15-22)23(17-27-25)13-14-28(18-20-7-3-1-4-8-20)19-21-9-5-2-6-10-21/h1-12,15,17,27H,13-14,18-19H2/p+1. The normalized spacial score (nSPS) is 11.0. The van der Waals surface area contributed by atoms with Crippen molar-refractivity contribution >= 4 is 10.9 Å². The first kappa shape index (κ1) is 18.0. The van der Waals surface area contributed by atoms with Crippen LogP contribution in [0.25, 0.3) is 10.9 Å². The fourth-order valence-corrected chi connectivity index (χ4v) is 3.77. The first-order valence-corrected chi connectivity index (χ1v) is 9.73. The molecule has 0 amide bonds. The van der Waals surface area contributed by atoms with Crippen molar-refractivity contribution in [1.82, 2.24) is 4.98 Å². The highest BCUT2D eigenvalue weighted by Crippen LogP contribution is 2.19. The van der Waals surface area contributed by atoms with Crippen LogP contribution in [0.1, 0.15) is 22.3 Å². The number of aromatic amines is 1. The van der Waals surface area contributed by atoms with Gasteiger partial charge in [0.1, 0.15) is 13.1 Å². The number of benzene rings is 3. The predicted molar refractivity (Wildman–Crippen MR) is 113 cm³/mol. The smallest absolute Gasteiger partial charge is 0.103 e. The molecule has 1 aromatic heterocycles. The maximum atomic E-state index is 9.21. The maximum Gasteiger partial charge on any atom is 0.103 e. The zero-order chi connectivity index (χ0) is 19.2. The first-order chi connectivity index (χ1) is 13.8. The Balaban J connectivity index is 1.53. The van der Waals surface area contributed by atoms with Crippen LogP contribution in [-0.4, -0.2) is 11.5 Å². The van der Waals surface area contributed by atoms with Crippen LogP contribution in [-0.2, 0) is 19.5 Å². The van der Waals surface area contributed by atoms with Gasteiger partial charge in [-0.05, 0) is 23.8 Å². The highest BCUT2D eigenvalue weighted by atomic mass is 15.1. The molecule has 0 radical (unpaired) electrons. The highest BCUT2D eigenvalue weighted by molar-refractivity contribution is 5.84. The highest BCUT2D eigenvalue weighted by Gasteiger charge is 2.13. The van der Waals surface area contributed by atoms with Gasteiger partial charge in [-0.25, -0.2) is 0 Å². The van der Waals surface area contributed by atoms with Crippen molar-refractivity contribution in [3.8, 4) is 6.07 Å². The monoisotopic (exact) mass is 366 g/mol. The SMILES string of the molecule is N#Cc1ccc2[nH]cc(CC[NH+](Cc3ccccc3)Cc3ccccc3)c2c1. The fourth-order valence-electron chi connectivity index (χ4n) is 3.77. The van der Waals surface area contributed by atoms with Crippen molar-refractivity contribution in [2.45, 2.75) is 19.5 Å². The number of H-pyrrole nitrogens is 1. The van der Waals surface area contributed by atoms with Crippen molar-refractivity contribution in [3.63, 3.8) is 0 Å². The van der Waals surface area contributed by atoms with E-state index in [9.17, 15) is 5.26 Å². The summed E-state index contributed by atoms with van der Waals surface area (Å²) < 4.78 is 0. The van der Waals surface area contributed by atoms with E-state index in [-0.39, 0.29) is 0 Å². The van der Waals surface area contributed by atoms with Crippen molar-refractivity contribution in [1.29, 1.82) is 5.26 Å². The maximum absolute atomic E-state index is 9.21. The predicted octanol–water partition coefficient (Wildman–Crippen LogP) is 3.87. The second kappa shape index (κ2) is 8.56. The summed E-state index contributed by atoms with van der Waals surface area (Å²) >= 11 is 0.